The van der Waals surface area contributed by atoms with E-state index in [1.54, 1.807) is 0 Å². The second kappa shape index (κ2) is 8.21. The molecule has 1 fully saturated rings. The molecular weight excluding hydrogens is 324 g/mol. The molecule has 0 aliphatic carbocycles. The summed E-state index contributed by atoms with van der Waals surface area (Å²) in [6, 6.07) is 5.82. The summed E-state index contributed by atoms with van der Waals surface area (Å²) in [4.78, 5) is 14.4. The number of benzene rings is 1. The first-order chi connectivity index (χ1) is 10.7. The summed E-state index contributed by atoms with van der Waals surface area (Å²) in [6.07, 6.45) is 1.89. The summed E-state index contributed by atoms with van der Waals surface area (Å²) in [5.74, 6) is 1.02. The number of likely N-dealkylation sites (tertiary alicyclic amines) is 1. The highest BCUT2D eigenvalue weighted by atomic mass is 35.5. The summed E-state index contributed by atoms with van der Waals surface area (Å²) < 4.78 is 6.15. The molecule has 1 atom stereocenters. The number of carbonyl (C=O) groups excluding carboxylic acids is 1. The number of rotatable bonds is 3. The van der Waals surface area contributed by atoms with Crippen molar-refractivity contribution in [2.75, 3.05) is 13.1 Å². The minimum Gasteiger partial charge on any atom is -0.490 e. The predicted molar refractivity (Wildman–Crippen MR) is 101 cm³/mol. The molecule has 2 rings (SSSR count). The van der Waals surface area contributed by atoms with Crippen molar-refractivity contribution < 1.29 is 9.53 Å². The van der Waals surface area contributed by atoms with Crippen LogP contribution in [0.1, 0.15) is 44.7 Å². The molecule has 5 heteroatoms. The lowest BCUT2D eigenvalue weighted by Gasteiger charge is -2.36. The molecule has 1 amide bonds. The third-order valence-corrected chi connectivity index (χ3v) is 4.59. The Morgan fingerprint density at radius 1 is 1.25 bits per heavy atom. The maximum Gasteiger partial charge on any atom is 0.240 e. The smallest absolute Gasteiger partial charge is 0.240 e. The van der Waals surface area contributed by atoms with Gasteiger partial charge < -0.3 is 15.4 Å². The molecular formula is C19H31ClN2O2. The minimum absolute atomic E-state index is 0. The van der Waals surface area contributed by atoms with E-state index in [1.807, 2.05) is 25.7 Å². The molecule has 0 spiro atoms. The average molecular weight is 355 g/mol. The van der Waals surface area contributed by atoms with E-state index in [2.05, 4.69) is 32.0 Å². The highest BCUT2D eigenvalue weighted by molar-refractivity contribution is 5.85. The Labute approximate surface area is 152 Å². The second-order valence-corrected chi connectivity index (χ2v) is 7.76. The Kier molecular flexibility index (Phi) is 7.11. The molecule has 0 bridgehead atoms. The van der Waals surface area contributed by atoms with Gasteiger partial charge in [-0.3, -0.25) is 4.79 Å². The van der Waals surface area contributed by atoms with Crippen LogP contribution in [0.3, 0.4) is 0 Å². The SMILES string of the molecule is Cc1ccc(C)c(OC2CCN(C(=O)[C@@H](N)C(C)(C)C)CC2)c1.Cl. The molecule has 1 saturated heterocycles. The molecule has 1 heterocycles. The second-order valence-electron chi connectivity index (χ2n) is 7.76. The topological polar surface area (TPSA) is 55.6 Å². The Morgan fingerprint density at radius 2 is 1.83 bits per heavy atom. The Hall–Kier alpha value is -1.26. The lowest BCUT2D eigenvalue weighted by Crippen LogP contribution is -2.53. The van der Waals surface area contributed by atoms with Gasteiger partial charge in [-0.15, -0.1) is 12.4 Å². The van der Waals surface area contributed by atoms with Gasteiger partial charge in [-0.05, 0) is 36.5 Å². The number of piperidine rings is 1. The van der Waals surface area contributed by atoms with Crippen LogP contribution < -0.4 is 10.5 Å². The van der Waals surface area contributed by atoms with Gasteiger partial charge in [-0.25, -0.2) is 0 Å². The summed E-state index contributed by atoms with van der Waals surface area (Å²) in [5, 5.41) is 0. The lowest BCUT2D eigenvalue weighted by molar-refractivity contribution is -0.136. The van der Waals surface area contributed by atoms with Crippen LogP contribution in [-0.2, 0) is 4.79 Å². The zero-order valence-electron chi connectivity index (χ0n) is 15.5. The minimum atomic E-state index is -0.445. The first-order valence-electron chi connectivity index (χ1n) is 8.47. The standard InChI is InChI=1S/C19H30N2O2.ClH/c1-13-6-7-14(2)16(12-13)23-15-8-10-21(11-9-15)18(22)17(20)19(3,4)5;/h6-7,12,15,17H,8-11,20H2,1-5H3;1H/t17-;/m1./s1. The van der Waals surface area contributed by atoms with Gasteiger partial charge in [0.25, 0.3) is 0 Å². The number of aryl methyl sites for hydroxylation is 2. The van der Waals surface area contributed by atoms with Crippen LogP contribution in [0.15, 0.2) is 18.2 Å². The average Bonchev–Trinajstić information content (AvgIpc) is 2.49. The Morgan fingerprint density at radius 3 is 2.38 bits per heavy atom. The van der Waals surface area contributed by atoms with Crippen molar-refractivity contribution in [2.45, 2.75) is 59.6 Å². The van der Waals surface area contributed by atoms with Gasteiger partial charge in [0, 0.05) is 25.9 Å². The lowest BCUT2D eigenvalue weighted by atomic mass is 9.86. The predicted octanol–water partition coefficient (Wildman–Crippen LogP) is 3.47. The van der Waals surface area contributed by atoms with E-state index < -0.39 is 6.04 Å². The van der Waals surface area contributed by atoms with Crippen molar-refractivity contribution in [3.05, 3.63) is 29.3 Å². The van der Waals surface area contributed by atoms with E-state index in [0.717, 1.165) is 37.2 Å². The van der Waals surface area contributed by atoms with Crippen LogP contribution >= 0.6 is 12.4 Å². The van der Waals surface area contributed by atoms with Crippen molar-refractivity contribution in [1.29, 1.82) is 0 Å². The quantitative estimate of drug-likeness (QED) is 0.904. The Bertz CT molecular complexity index is 561. The Balaban J connectivity index is 0.00000288. The van der Waals surface area contributed by atoms with E-state index in [4.69, 9.17) is 10.5 Å². The molecule has 1 aliphatic heterocycles. The van der Waals surface area contributed by atoms with Crippen LogP contribution in [0.5, 0.6) is 5.75 Å². The van der Waals surface area contributed by atoms with Gasteiger partial charge in [0.05, 0.1) is 6.04 Å². The normalized spacial score (nSPS) is 17.2. The molecule has 0 saturated carbocycles. The molecule has 1 aromatic carbocycles. The number of ether oxygens (including phenoxy) is 1. The molecule has 24 heavy (non-hydrogen) atoms. The molecule has 1 aliphatic rings. The largest absolute Gasteiger partial charge is 0.490 e. The zero-order valence-corrected chi connectivity index (χ0v) is 16.3. The first kappa shape index (κ1) is 20.8. The van der Waals surface area contributed by atoms with Gasteiger partial charge in [-0.2, -0.15) is 0 Å². The number of carbonyl (C=O) groups is 1. The van der Waals surface area contributed by atoms with E-state index >= 15 is 0 Å². The number of hydrogen-bond acceptors (Lipinski definition) is 3. The van der Waals surface area contributed by atoms with E-state index in [9.17, 15) is 4.79 Å². The monoisotopic (exact) mass is 354 g/mol. The van der Waals surface area contributed by atoms with Crippen molar-refractivity contribution >= 4 is 18.3 Å². The number of hydrogen-bond donors (Lipinski definition) is 1. The molecule has 4 nitrogen and oxygen atoms in total. The summed E-state index contributed by atoms with van der Waals surface area (Å²) in [6.45, 7) is 11.6. The summed E-state index contributed by atoms with van der Waals surface area (Å²) in [7, 11) is 0. The van der Waals surface area contributed by atoms with Crippen LogP contribution in [0.4, 0.5) is 0 Å². The maximum atomic E-state index is 12.5. The van der Waals surface area contributed by atoms with E-state index in [-0.39, 0.29) is 29.8 Å². The highest BCUT2D eigenvalue weighted by Crippen LogP contribution is 2.25. The van der Waals surface area contributed by atoms with Crippen LogP contribution in [-0.4, -0.2) is 36.0 Å². The van der Waals surface area contributed by atoms with Crippen molar-refractivity contribution in [3.8, 4) is 5.75 Å². The van der Waals surface area contributed by atoms with Crippen molar-refractivity contribution in [1.82, 2.24) is 4.90 Å². The third kappa shape index (κ3) is 5.12. The fourth-order valence-corrected chi connectivity index (χ4v) is 2.77. The maximum absolute atomic E-state index is 12.5. The number of halogens is 1. The molecule has 2 N–H and O–H groups in total. The summed E-state index contributed by atoms with van der Waals surface area (Å²) in [5.41, 5.74) is 8.25. The van der Waals surface area contributed by atoms with Crippen molar-refractivity contribution in [2.24, 2.45) is 11.1 Å². The summed E-state index contributed by atoms with van der Waals surface area (Å²) >= 11 is 0. The molecule has 0 aromatic heterocycles. The molecule has 0 radical (unpaired) electrons. The third-order valence-electron chi connectivity index (χ3n) is 4.59. The van der Waals surface area contributed by atoms with E-state index in [0.29, 0.717) is 0 Å². The van der Waals surface area contributed by atoms with Gasteiger partial charge in [0.1, 0.15) is 11.9 Å². The zero-order chi connectivity index (χ0) is 17.2. The van der Waals surface area contributed by atoms with Gasteiger partial charge >= 0.3 is 0 Å². The molecule has 1 aromatic rings. The van der Waals surface area contributed by atoms with Gasteiger partial charge in [-0.1, -0.05) is 32.9 Å². The van der Waals surface area contributed by atoms with Gasteiger partial charge in [0.15, 0.2) is 0 Å². The van der Waals surface area contributed by atoms with Crippen LogP contribution in [0.2, 0.25) is 0 Å². The van der Waals surface area contributed by atoms with Gasteiger partial charge in [0.2, 0.25) is 5.91 Å². The van der Waals surface area contributed by atoms with Crippen LogP contribution in [0, 0.1) is 19.3 Å². The fourth-order valence-electron chi connectivity index (χ4n) is 2.77. The van der Waals surface area contributed by atoms with Crippen LogP contribution in [0.25, 0.3) is 0 Å². The molecule has 136 valence electrons. The number of nitrogens with zero attached hydrogens (tertiary/aromatic N) is 1. The number of amides is 1. The number of nitrogens with two attached hydrogens (primary N) is 1. The van der Waals surface area contributed by atoms with E-state index in [1.165, 1.54) is 5.56 Å². The highest BCUT2D eigenvalue weighted by Gasteiger charge is 2.33. The fraction of sp³-hybridized carbons (Fsp3) is 0.632. The first-order valence-corrected chi connectivity index (χ1v) is 8.47. The molecule has 0 unspecified atom stereocenters. The van der Waals surface area contributed by atoms with Crippen molar-refractivity contribution in [3.63, 3.8) is 0 Å².